The van der Waals surface area contributed by atoms with Crippen molar-refractivity contribution in [2.24, 2.45) is 0 Å². The Balaban J connectivity index is 1.99. The number of aliphatic carboxylic acids is 1. The first-order valence-corrected chi connectivity index (χ1v) is 5.92. The fourth-order valence-corrected chi connectivity index (χ4v) is 1.47. The highest BCUT2D eigenvalue weighted by Gasteiger charge is 2.08. The molecule has 0 aliphatic carbocycles. The van der Waals surface area contributed by atoms with Gasteiger partial charge in [-0.05, 0) is 30.3 Å². The summed E-state index contributed by atoms with van der Waals surface area (Å²) in [6, 6.07) is 8.18. The zero-order valence-corrected chi connectivity index (χ0v) is 10.7. The summed E-state index contributed by atoms with van der Waals surface area (Å²) in [6.07, 6.45) is 1.26. The van der Waals surface area contributed by atoms with Crippen molar-refractivity contribution < 1.29 is 23.8 Å². The number of carboxylic acid groups (broad SMARTS) is 1. The molecule has 0 saturated heterocycles. The number of rotatable bonds is 5. The van der Waals surface area contributed by atoms with E-state index in [0.717, 1.165) is 0 Å². The Morgan fingerprint density at radius 1 is 1.19 bits per heavy atom. The van der Waals surface area contributed by atoms with Gasteiger partial charge in [-0.1, -0.05) is 0 Å². The van der Waals surface area contributed by atoms with Crippen molar-refractivity contribution in [2.45, 2.75) is 0 Å². The Labute approximate surface area is 119 Å². The highest BCUT2D eigenvalue weighted by molar-refractivity contribution is 6.04. The van der Waals surface area contributed by atoms with Crippen LogP contribution in [0.15, 0.2) is 42.6 Å². The van der Waals surface area contributed by atoms with E-state index in [1.807, 2.05) is 0 Å². The molecule has 0 bridgehead atoms. The van der Waals surface area contributed by atoms with Crippen molar-refractivity contribution in [1.29, 1.82) is 0 Å². The molecule has 0 fully saturated rings. The average Bonchev–Trinajstić information content (AvgIpc) is 2.48. The first-order chi connectivity index (χ1) is 10.0. The number of pyridine rings is 1. The van der Waals surface area contributed by atoms with Crippen molar-refractivity contribution >= 4 is 17.6 Å². The molecule has 1 amide bonds. The van der Waals surface area contributed by atoms with Gasteiger partial charge in [-0.3, -0.25) is 4.79 Å². The summed E-state index contributed by atoms with van der Waals surface area (Å²) in [6.45, 7) is -0.506. The van der Waals surface area contributed by atoms with Crippen LogP contribution in [0.25, 0.3) is 0 Å². The number of amides is 1. The zero-order chi connectivity index (χ0) is 15.2. The number of hydrogen-bond acceptors (Lipinski definition) is 4. The molecule has 2 N–H and O–H groups in total. The normalized spacial score (nSPS) is 9.95. The summed E-state index contributed by atoms with van der Waals surface area (Å²) in [5, 5.41) is 11.0. The molecule has 1 aromatic carbocycles. The molecule has 2 rings (SSSR count). The first-order valence-electron chi connectivity index (χ1n) is 5.92. The predicted molar refractivity (Wildman–Crippen MR) is 71.7 cm³/mol. The lowest BCUT2D eigenvalue weighted by Crippen LogP contribution is -2.13. The van der Waals surface area contributed by atoms with E-state index in [1.54, 1.807) is 0 Å². The van der Waals surface area contributed by atoms with E-state index in [4.69, 9.17) is 9.84 Å². The van der Waals surface area contributed by atoms with Crippen LogP contribution in [0.2, 0.25) is 0 Å². The maximum Gasteiger partial charge on any atom is 0.341 e. The van der Waals surface area contributed by atoms with E-state index in [1.165, 1.54) is 42.6 Å². The van der Waals surface area contributed by atoms with Gasteiger partial charge in [0.25, 0.3) is 5.91 Å². The van der Waals surface area contributed by atoms with Gasteiger partial charge >= 0.3 is 5.97 Å². The van der Waals surface area contributed by atoms with Gasteiger partial charge < -0.3 is 15.2 Å². The summed E-state index contributed by atoms with van der Waals surface area (Å²) < 4.78 is 17.6. The lowest BCUT2D eigenvalue weighted by molar-refractivity contribution is -0.139. The number of halogens is 1. The van der Waals surface area contributed by atoms with Gasteiger partial charge in [0.2, 0.25) is 5.88 Å². The van der Waals surface area contributed by atoms with Crippen LogP contribution >= 0.6 is 0 Å². The molecule has 1 heterocycles. The first kappa shape index (κ1) is 14.4. The fourth-order valence-electron chi connectivity index (χ4n) is 1.47. The third-order valence-electron chi connectivity index (χ3n) is 2.44. The number of benzene rings is 1. The van der Waals surface area contributed by atoms with Gasteiger partial charge in [-0.2, -0.15) is 0 Å². The van der Waals surface area contributed by atoms with E-state index in [2.05, 4.69) is 10.3 Å². The Bertz CT molecular complexity index is 641. The molecule has 108 valence electrons. The number of anilines is 1. The smallest absolute Gasteiger partial charge is 0.341 e. The zero-order valence-electron chi connectivity index (χ0n) is 10.7. The summed E-state index contributed by atoms with van der Waals surface area (Å²) in [5.41, 5.74) is 0.717. The number of ether oxygens (including phenoxy) is 1. The minimum absolute atomic E-state index is 0.107. The predicted octanol–water partition coefficient (Wildman–Crippen LogP) is 1.94. The van der Waals surface area contributed by atoms with Crippen molar-refractivity contribution in [3.05, 3.63) is 54.0 Å². The molecular weight excluding hydrogens is 279 g/mol. The number of nitrogens with one attached hydrogen (secondary N) is 1. The summed E-state index contributed by atoms with van der Waals surface area (Å²) in [4.78, 5) is 26.0. The van der Waals surface area contributed by atoms with Gasteiger partial charge in [0.1, 0.15) is 5.82 Å². The van der Waals surface area contributed by atoms with E-state index in [9.17, 15) is 14.0 Å². The quantitative estimate of drug-likeness (QED) is 0.878. The second kappa shape index (κ2) is 6.47. The lowest BCUT2D eigenvalue weighted by atomic mass is 10.2. The number of hydrogen-bond donors (Lipinski definition) is 2. The topological polar surface area (TPSA) is 88.5 Å². The van der Waals surface area contributed by atoms with Crippen LogP contribution < -0.4 is 10.1 Å². The molecular formula is C14H11FN2O4. The molecule has 0 aliphatic rings. The van der Waals surface area contributed by atoms with Crippen LogP contribution in [0.5, 0.6) is 5.88 Å². The minimum atomic E-state index is -1.12. The highest BCUT2D eigenvalue weighted by atomic mass is 19.1. The van der Waals surface area contributed by atoms with E-state index in [-0.39, 0.29) is 11.4 Å². The Kier molecular flexibility index (Phi) is 4.45. The van der Waals surface area contributed by atoms with E-state index < -0.39 is 24.3 Å². The van der Waals surface area contributed by atoms with Crippen LogP contribution in [0.1, 0.15) is 10.4 Å². The number of aromatic nitrogens is 1. The van der Waals surface area contributed by atoms with Crippen LogP contribution in [-0.2, 0) is 4.79 Å². The second-order valence-corrected chi connectivity index (χ2v) is 4.03. The third kappa shape index (κ3) is 4.27. The van der Waals surface area contributed by atoms with Crippen LogP contribution in [0.3, 0.4) is 0 Å². The Morgan fingerprint density at radius 2 is 1.90 bits per heavy atom. The Morgan fingerprint density at radius 3 is 2.48 bits per heavy atom. The third-order valence-corrected chi connectivity index (χ3v) is 2.44. The van der Waals surface area contributed by atoms with Crippen molar-refractivity contribution in [2.75, 3.05) is 11.9 Å². The van der Waals surface area contributed by atoms with Crippen molar-refractivity contribution in [1.82, 2.24) is 4.98 Å². The number of nitrogens with zero attached hydrogens (tertiary/aromatic N) is 1. The van der Waals surface area contributed by atoms with Crippen LogP contribution in [-0.4, -0.2) is 28.6 Å². The van der Waals surface area contributed by atoms with E-state index >= 15 is 0 Å². The summed E-state index contributed by atoms with van der Waals surface area (Å²) in [5.74, 6) is -1.82. The van der Waals surface area contributed by atoms with Crippen molar-refractivity contribution in [3.63, 3.8) is 0 Å². The maximum atomic E-state index is 12.7. The van der Waals surface area contributed by atoms with Crippen LogP contribution in [0, 0.1) is 5.82 Å². The van der Waals surface area contributed by atoms with Crippen molar-refractivity contribution in [3.8, 4) is 5.88 Å². The minimum Gasteiger partial charge on any atom is -0.479 e. The van der Waals surface area contributed by atoms with Gasteiger partial charge in [0.15, 0.2) is 6.61 Å². The number of carbonyl (C=O) groups is 2. The molecule has 21 heavy (non-hydrogen) atoms. The monoisotopic (exact) mass is 290 g/mol. The Hall–Kier alpha value is -2.96. The van der Waals surface area contributed by atoms with E-state index in [0.29, 0.717) is 5.69 Å². The van der Waals surface area contributed by atoms with Gasteiger partial charge in [0.05, 0.1) is 5.56 Å². The van der Waals surface area contributed by atoms with Gasteiger partial charge in [0, 0.05) is 18.0 Å². The molecule has 7 heteroatoms. The molecule has 2 aromatic rings. The molecule has 0 radical (unpaired) electrons. The maximum absolute atomic E-state index is 12.7. The molecule has 0 aliphatic heterocycles. The molecule has 0 unspecified atom stereocenters. The number of carboxylic acids is 1. The van der Waals surface area contributed by atoms with Crippen LogP contribution in [0.4, 0.5) is 10.1 Å². The summed E-state index contributed by atoms with van der Waals surface area (Å²) in [7, 11) is 0. The fraction of sp³-hybridized carbons (Fsp3) is 0.0714. The molecule has 0 spiro atoms. The summed E-state index contributed by atoms with van der Waals surface area (Å²) >= 11 is 0. The second-order valence-electron chi connectivity index (χ2n) is 4.03. The largest absolute Gasteiger partial charge is 0.479 e. The molecule has 6 nitrogen and oxygen atoms in total. The number of carbonyl (C=O) groups excluding carboxylic acids is 1. The van der Waals surface area contributed by atoms with Gasteiger partial charge in [-0.25, -0.2) is 14.2 Å². The lowest BCUT2D eigenvalue weighted by Gasteiger charge is -2.06. The highest BCUT2D eigenvalue weighted by Crippen LogP contribution is 2.12. The molecule has 0 saturated carbocycles. The standard InChI is InChI=1S/C14H11FN2O4/c15-10-2-4-11(5-3-10)17-14(20)9-1-6-12(16-7-9)21-8-13(18)19/h1-7H,8H2,(H,17,20)(H,18,19). The molecule has 0 atom stereocenters. The average molecular weight is 290 g/mol. The molecule has 1 aromatic heterocycles. The van der Waals surface area contributed by atoms with Gasteiger partial charge in [-0.15, -0.1) is 0 Å². The SMILES string of the molecule is O=C(O)COc1ccc(C(=O)Nc2ccc(F)cc2)cn1.